The van der Waals surface area contributed by atoms with Gasteiger partial charge in [-0.1, -0.05) is 31.2 Å². The van der Waals surface area contributed by atoms with Crippen LogP contribution in [-0.4, -0.2) is 16.5 Å². The van der Waals surface area contributed by atoms with E-state index in [2.05, 4.69) is 52.5 Å². The number of aromatic nitrogens is 2. The van der Waals surface area contributed by atoms with Gasteiger partial charge in [-0.3, -0.25) is 9.97 Å². The van der Waals surface area contributed by atoms with Gasteiger partial charge in [0, 0.05) is 24.0 Å². The molecule has 0 saturated carbocycles. The lowest BCUT2D eigenvalue weighted by Gasteiger charge is -2.20. The van der Waals surface area contributed by atoms with E-state index in [4.69, 9.17) is 0 Å². The van der Waals surface area contributed by atoms with Crippen LogP contribution in [-0.2, 0) is 0 Å². The SMILES string of the molecule is CCCNC(c1cccnc1)c1ccnc2ccccc12. The van der Waals surface area contributed by atoms with Gasteiger partial charge in [0.05, 0.1) is 11.6 Å². The molecule has 0 spiro atoms. The van der Waals surface area contributed by atoms with E-state index in [1.165, 1.54) is 16.5 Å². The summed E-state index contributed by atoms with van der Waals surface area (Å²) in [6.45, 7) is 3.15. The second-order valence-electron chi connectivity index (χ2n) is 5.09. The van der Waals surface area contributed by atoms with Crippen LogP contribution in [0.5, 0.6) is 0 Å². The Kier molecular flexibility index (Phi) is 4.22. The first-order valence-corrected chi connectivity index (χ1v) is 7.37. The third kappa shape index (κ3) is 2.93. The summed E-state index contributed by atoms with van der Waals surface area (Å²) in [5, 5.41) is 4.82. The van der Waals surface area contributed by atoms with E-state index in [1.54, 1.807) is 0 Å². The second kappa shape index (κ2) is 6.46. The summed E-state index contributed by atoms with van der Waals surface area (Å²) in [6, 6.07) is 14.6. The van der Waals surface area contributed by atoms with E-state index < -0.39 is 0 Å². The van der Waals surface area contributed by atoms with Crippen molar-refractivity contribution in [3.63, 3.8) is 0 Å². The Morgan fingerprint density at radius 3 is 2.76 bits per heavy atom. The van der Waals surface area contributed by atoms with Gasteiger partial charge in [-0.25, -0.2) is 0 Å². The molecule has 1 unspecified atom stereocenters. The zero-order valence-electron chi connectivity index (χ0n) is 12.2. The molecule has 1 N–H and O–H groups in total. The normalized spacial score (nSPS) is 12.4. The van der Waals surface area contributed by atoms with Crippen LogP contribution in [0.15, 0.2) is 61.1 Å². The van der Waals surface area contributed by atoms with Crippen LogP contribution in [0.3, 0.4) is 0 Å². The maximum Gasteiger partial charge on any atom is 0.0705 e. The van der Waals surface area contributed by atoms with E-state index in [-0.39, 0.29) is 6.04 Å². The molecule has 0 saturated heterocycles. The number of hydrogen-bond acceptors (Lipinski definition) is 3. The lowest BCUT2D eigenvalue weighted by Crippen LogP contribution is -2.23. The average Bonchev–Trinajstić information content (AvgIpc) is 2.56. The molecule has 0 fully saturated rings. The fourth-order valence-electron chi connectivity index (χ4n) is 2.61. The van der Waals surface area contributed by atoms with Gasteiger partial charge in [-0.05, 0) is 42.3 Å². The number of benzene rings is 1. The zero-order chi connectivity index (χ0) is 14.5. The molecule has 3 heteroatoms. The molecule has 3 rings (SSSR count). The quantitative estimate of drug-likeness (QED) is 0.772. The summed E-state index contributed by atoms with van der Waals surface area (Å²) in [4.78, 5) is 8.72. The predicted octanol–water partition coefficient (Wildman–Crippen LogP) is 3.72. The fourth-order valence-corrected chi connectivity index (χ4v) is 2.61. The van der Waals surface area contributed by atoms with Gasteiger partial charge in [0.1, 0.15) is 0 Å². The Balaban J connectivity index is 2.10. The van der Waals surface area contributed by atoms with Gasteiger partial charge in [-0.15, -0.1) is 0 Å². The van der Waals surface area contributed by atoms with Crippen LogP contribution in [0, 0.1) is 0 Å². The molecule has 2 aromatic heterocycles. The van der Waals surface area contributed by atoms with Crippen LogP contribution in [0.2, 0.25) is 0 Å². The molecule has 3 nitrogen and oxygen atoms in total. The van der Waals surface area contributed by atoms with Gasteiger partial charge in [0.15, 0.2) is 0 Å². The highest BCUT2D eigenvalue weighted by Gasteiger charge is 2.16. The standard InChI is InChI=1S/C18H19N3/c1-2-10-21-18(14-6-5-11-19-13-14)16-9-12-20-17-8-4-3-7-15(16)17/h3-9,11-13,18,21H,2,10H2,1H3. The summed E-state index contributed by atoms with van der Waals surface area (Å²) in [7, 11) is 0. The molecule has 0 bridgehead atoms. The van der Waals surface area contributed by atoms with Crippen molar-refractivity contribution in [2.45, 2.75) is 19.4 Å². The molecule has 0 aliphatic rings. The maximum absolute atomic E-state index is 4.45. The Labute approximate surface area is 125 Å². The molecule has 1 aromatic carbocycles. The van der Waals surface area contributed by atoms with Crippen LogP contribution in [0.4, 0.5) is 0 Å². The summed E-state index contributed by atoms with van der Waals surface area (Å²) < 4.78 is 0. The summed E-state index contributed by atoms with van der Waals surface area (Å²) in [5.74, 6) is 0. The summed E-state index contributed by atoms with van der Waals surface area (Å²) in [6.07, 6.45) is 6.72. The van der Waals surface area contributed by atoms with E-state index in [1.807, 2.05) is 30.7 Å². The third-order valence-electron chi connectivity index (χ3n) is 3.61. The topological polar surface area (TPSA) is 37.8 Å². The lowest BCUT2D eigenvalue weighted by molar-refractivity contribution is 0.600. The molecule has 0 aliphatic heterocycles. The van der Waals surface area contributed by atoms with E-state index in [0.29, 0.717) is 0 Å². The van der Waals surface area contributed by atoms with Crippen LogP contribution >= 0.6 is 0 Å². The number of rotatable bonds is 5. The Bertz CT molecular complexity index is 704. The van der Waals surface area contributed by atoms with Crippen molar-refractivity contribution in [1.29, 1.82) is 0 Å². The molecule has 21 heavy (non-hydrogen) atoms. The molecular weight excluding hydrogens is 258 g/mol. The van der Waals surface area contributed by atoms with Crippen molar-refractivity contribution < 1.29 is 0 Å². The van der Waals surface area contributed by atoms with Crippen LogP contribution in [0.25, 0.3) is 10.9 Å². The van der Waals surface area contributed by atoms with Crippen molar-refractivity contribution in [2.75, 3.05) is 6.54 Å². The number of nitrogens with one attached hydrogen (secondary N) is 1. The molecule has 3 aromatic rings. The number of fused-ring (bicyclic) bond motifs is 1. The van der Waals surface area contributed by atoms with Gasteiger partial charge < -0.3 is 5.32 Å². The monoisotopic (exact) mass is 277 g/mol. The van der Waals surface area contributed by atoms with Crippen molar-refractivity contribution in [2.24, 2.45) is 0 Å². The smallest absolute Gasteiger partial charge is 0.0705 e. The molecule has 1 atom stereocenters. The minimum absolute atomic E-state index is 0.145. The third-order valence-corrected chi connectivity index (χ3v) is 3.61. The predicted molar refractivity (Wildman–Crippen MR) is 86.1 cm³/mol. The van der Waals surface area contributed by atoms with Gasteiger partial charge in [0.25, 0.3) is 0 Å². The first-order chi connectivity index (χ1) is 10.4. The van der Waals surface area contributed by atoms with Crippen molar-refractivity contribution in [3.05, 3.63) is 72.2 Å². The molecule has 2 heterocycles. The average molecular weight is 277 g/mol. The second-order valence-corrected chi connectivity index (χ2v) is 5.09. The minimum atomic E-state index is 0.145. The summed E-state index contributed by atoms with van der Waals surface area (Å²) >= 11 is 0. The van der Waals surface area contributed by atoms with Crippen molar-refractivity contribution in [3.8, 4) is 0 Å². The zero-order valence-corrected chi connectivity index (χ0v) is 12.2. The molecule has 0 amide bonds. The minimum Gasteiger partial charge on any atom is -0.306 e. The molecule has 0 aliphatic carbocycles. The van der Waals surface area contributed by atoms with E-state index in [0.717, 1.165) is 18.5 Å². The van der Waals surface area contributed by atoms with E-state index >= 15 is 0 Å². The maximum atomic E-state index is 4.45. The van der Waals surface area contributed by atoms with Gasteiger partial charge in [-0.2, -0.15) is 0 Å². The number of pyridine rings is 2. The summed E-state index contributed by atoms with van der Waals surface area (Å²) in [5.41, 5.74) is 3.46. The van der Waals surface area contributed by atoms with Gasteiger partial charge in [0.2, 0.25) is 0 Å². The highest BCUT2D eigenvalue weighted by atomic mass is 14.9. The molecule has 0 radical (unpaired) electrons. The van der Waals surface area contributed by atoms with Crippen LogP contribution < -0.4 is 5.32 Å². The Morgan fingerprint density at radius 1 is 1.05 bits per heavy atom. The fraction of sp³-hybridized carbons (Fsp3) is 0.222. The lowest BCUT2D eigenvalue weighted by atomic mass is 9.96. The number of nitrogens with zero attached hydrogens (tertiary/aromatic N) is 2. The number of para-hydroxylation sites is 1. The first kappa shape index (κ1) is 13.7. The van der Waals surface area contributed by atoms with Crippen LogP contribution in [0.1, 0.15) is 30.5 Å². The first-order valence-electron chi connectivity index (χ1n) is 7.37. The van der Waals surface area contributed by atoms with Gasteiger partial charge >= 0.3 is 0 Å². The Morgan fingerprint density at radius 2 is 1.95 bits per heavy atom. The van der Waals surface area contributed by atoms with Crippen molar-refractivity contribution in [1.82, 2.24) is 15.3 Å². The van der Waals surface area contributed by atoms with E-state index in [9.17, 15) is 0 Å². The number of hydrogen-bond donors (Lipinski definition) is 1. The highest BCUT2D eigenvalue weighted by molar-refractivity contribution is 5.82. The van der Waals surface area contributed by atoms with Crippen molar-refractivity contribution >= 4 is 10.9 Å². The Hall–Kier alpha value is -2.26. The largest absolute Gasteiger partial charge is 0.306 e. The molecule has 106 valence electrons. The highest BCUT2D eigenvalue weighted by Crippen LogP contribution is 2.27. The molecular formula is C18H19N3.